The largest absolute Gasteiger partial charge is 0.493 e. The molecule has 0 amide bonds. The third-order valence-corrected chi connectivity index (χ3v) is 6.80. The number of benzene rings is 3. The number of fused-ring (bicyclic) bond motifs is 2. The number of hydrogen-bond acceptors (Lipinski definition) is 5. The van der Waals surface area contributed by atoms with Crippen LogP contribution >= 0.6 is 0 Å². The molecule has 0 fully saturated rings. The second-order valence-corrected chi connectivity index (χ2v) is 9.02. The Bertz CT molecular complexity index is 1430. The number of carbonyl (C=O) groups is 1. The van der Waals surface area contributed by atoms with Gasteiger partial charge >= 0.3 is 12.0 Å². The minimum atomic E-state index is -0.312. The molecule has 1 atom stereocenters. The Morgan fingerprint density at radius 3 is 2.83 bits per heavy atom. The Morgan fingerprint density at radius 1 is 1.17 bits per heavy atom. The summed E-state index contributed by atoms with van der Waals surface area (Å²) in [6, 6.07) is 17.4. The fourth-order valence-corrected chi connectivity index (χ4v) is 4.88. The molecule has 0 aliphatic carbocycles. The van der Waals surface area contributed by atoms with E-state index in [4.69, 9.17) is 14.2 Å². The third-order valence-electron chi connectivity index (χ3n) is 6.80. The van der Waals surface area contributed by atoms with Crippen molar-refractivity contribution in [1.82, 2.24) is 9.55 Å². The number of esters is 1. The van der Waals surface area contributed by atoms with Crippen LogP contribution in [0.5, 0.6) is 11.8 Å². The zero-order chi connectivity index (χ0) is 25.2. The van der Waals surface area contributed by atoms with Crippen molar-refractivity contribution in [1.29, 1.82) is 0 Å². The van der Waals surface area contributed by atoms with Gasteiger partial charge in [0, 0.05) is 17.5 Å². The highest BCUT2D eigenvalue weighted by Crippen LogP contribution is 2.37. The van der Waals surface area contributed by atoms with E-state index in [-0.39, 0.29) is 17.7 Å². The maximum Gasteiger partial charge on any atom is 0.306 e. The number of rotatable bonds is 8. The topological polar surface area (TPSA) is 62.6 Å². The van der Waals surface area contributed by atoms with Gasteiger partial charge in [-0.1, -0.05) is 24.3 Å². The lowest BCUT2D eigenvalue weighted by molar-refractivity contribution is -0.141. The number of halogens is 1. The van der Waals surface area contributed by atoms with Gasteiger partial charge in [0.2, 0.25) is 0 Å². The van der Waals surface area contributed by atoms with Crippen LogP contribution in [-0.2, 0) is 22.4 Å². The number of aryl methyl sites for hydroxylation is 2. The molecule has 186 valence electrons. The van der Waals surface area contributed by atoms with E-state index < -0.39 is 0 Å². The quantitative estimate of drug-likeness (QED) is 0.298. The molecule has 4 aromatic rings. The maximum atomic E-state index is 14.1. The number of carbonyl (C=O) groups excluding carboxylic acids is 1. The van der Waals surface area contributed by atoms with Crippen molar-refractivity contribution in [2.24, 2.45) is 0 Å². The predicted molar refractivity (Wildman–Crippen MR) is 136 cm³/mol. The van der Waals surface area contributed by atoms with Gasteiger partial charge in [-0.15, -0.1) is 0 Å². The van der Waals surface area contributed by atoms with Crippen molar-refractivity contribution < 1.29 is 23.4 Å². The molecule has 0 unspecified atom stereocenters. The Morgan fingerprint density at radius 2 is 2.03 bits per heavy atom. The first-order chi connectivity index (χ1) is 17.5. The van der Waals surface area contributed by atoms with Gasteiger partial charge in [-0.3, -0.25) is 9.36 Å². The van der Waals surface area contributed by atoms with Crippen LogP contribution in [0.25, 0.3) is 16.7 Å². The molecule has 0 bridgehead atoms. The standard InChI is InChI=1S/C29H29FN2O4/c1-4-35-29-31-24-13-11-22(30)16-26(24)32(29)25-7-5-6-20(18(25)2)10-8-19-9-12-23-21(15-28(33)34-3)17-36-27(23)14-19/h5-7,9,11-14,16,21H,4,8,10,15,17H2,1-3H3/t21-/m1/s1. The highest BCUT2D eigenvalue weighted by molar-refractivity contribution is 5.79. The summed E-state index contributed by atoms with van der Waals surface area (Å²) in [5.74, 6) is 0.347. The highest BCUT2D eigenvalue weighted by atomic mass is 19.1. The van der Waals surface area contributed by atoms with Crippen molar-refractivity contribution in [3.05, 3.63) is 82.7 Å². The molecule has 0 spiro atoms. The summed E-state index contributed by atoms with van der Waals surface area (Å²) < 4.78 is 32.5. The summed E-state index contributed by atoms with van der Waals surface area (Å²) in [5, 5.41) is 0. The molecular formula is C29H29FN2O4. The van der Waals surface area contributed by atoms with Crippen LogP contribution < -0.4 is 9.47 Å². The maximum absolute atomic E-state index is 14.1. The van der Waals surface area contributed by atoms with Crippen LogP contribution in [0.15, 0.2) is 54.6 Å². The molecule has 0 saturated carbocycles. The van der Waals surface area contributed by atoms with Crippen molar-refractivity contribution in [2.75, 3.05) is 20.3 Å². The molecule has 3 aromatic carbocycles. The Kier molecular flexibility index (Phi) is 6.63. The Hall–Kier alpha value is -3.87. The van der Waals surface area contributed by atoms with E-state index in [1.807, 2.05) is 23.6 Å². The van der Waals surface area contributed by atoms with Crippen LogP contribution in [-0.4, -0.2) is 35.8 Å². The molecule has 0 radical (unpaired) electrons. The van der Waals surface area contributed by atoms with Gasteiger partial charge in [0.25, 0.3) is 0 Å². The summed E-state index contributed by atoms with van der Waals surface area (Å²) in [7, 11) is 1.41. The van der Waals surface area contributed by atoms with E-state index in [1.165, 1.54) is 30.4 Å². The van der Waals surface area contributed by atoms with Crippen molar-refractivity contribution in [2.45, 2.75) is 39.0 Å². The van der Waals surface area contributed by atoms with Crippen LogP contribution in [0.3, 0.4) is 0 Å². The lowest BCUT2D eigenvalue weighted by Crippen LogP contribution is -2.09. The molecule has 0 N–H and O–H groups in total. The summed E-state index contributed by atoms with van der Waals surface area (Å²) in [4.78, 5) is 16.3. The van der Waals surface area contributed by atoms with Gasteiger partial charge in [0.15, 0.2) is 0 Å². The summed E-state index contributed by atoms with van der Waals surface area (Å²) in [6.45, 7) is 4.95. The van der Waals surface area contributed by atoms with Gasteiger partial charge < -0.3 is 14.2 Å². The van der Waals surface area contributed by atoms with Gasteiger partial charge in [0.1, 0.15) is 11.6 Å². The molecule has 1 aromatic heterocycles. The van der Waals surface area contributed by atoms with E-state index in [2.05, 4.69) is 36.2 Å². The predicted octanol–water partition coefficient (Wildman–Crippen LogP) is 5.70. The lowest BCUT2D eigenvalue weighted by atomic mass is 9.94. The lowest BCUT2D eigenvalue weighted by Gasteiger charge is -2.15. The van der Waals surface area contributed by atoms with E-state index in [9.17, 15) is 9.18 Å². The normalized spacial score (nSPS) is 14.5. The van der Waals surface area contributed by atoms with Crippen molar-refractivity contribution in [3.8, 4) is 17.4 Å². The molecule has 7 heteroatoms. The second-order valence-electron chi connectivity index (χ2n) is 9.02. The monoisotopic (exact) mass is 488 g/mol. The van der Waals surface area contributed by atoms with Gasteiger partial charge in [-0.05, 0) is 67.6 Å². The summed E-state index contributed by atoms with van der Waals surface area (Å²) >= 11 is 0. The fourth-order valence-electron chi connectivity index (χ4n) is 4.88. The Balaban J connectivity index is 1.40. The minimum absolute atomic E-state index is 0.0369. The van der Waals surface area contributed by atoms with E-state index in [0.29, 0.717) is 36.7 Å². The first-order valence-corrected chi connectivity index (χ1v) is 12.2. The number of aromatic nitrogens is 2. The number of imidazole rings is 1. The van der Waals surface area contributed by atoms with Crippen LogP contribution in [0, 0.1) is 12.7 Å². The van der Waals surface area contributed by atoms with E-state index >= 15 is 0 Å². The van der Waals surface area contributed by atoms with Crippen LogP contribution in [0.1, 0.15) is 41.5 Å². The number of methoxy groups -OCH3 is 1. The number of nitrogens with zero attached hydrogens (tertiary/aromatic N) is 2. The average molecular weight is 489 g/mol. The third kappa shape index (κ3) is 4.53. The number of hydrogen-bond donors (Lipinski definition) is 0. The van der Waals surface area contributed by atoms with Gasteiger partial charge in [0.05, 0.1) is 43.5 Å². The molecular weight excluding hydrogens is 459 g/mol. The first kappa shape index (κ1) is 23.9. The van der Waals surface area contributed by atoms with Crippen molar-refractivity contribution >= 4 is 17.0 Å². The van der Waals surface area contributed by atoms with Crippen LogP contribution in [0.4, 0.5) is 4.39 Å². The van der Waals surface area contributed by atoms with Crippen molar-refractivity contribution in [3.63, 3.8) is 0 Å². The number of ether oxygens (including phenoxy) is 3. The van der Waals surface area contributed by atoms with Gasteiger partial charge in [-0.2, -0.15) is 4.98 Å². The minimum Gasteiger partial charge on any atom is -0.493 e. The second kappa shape index (κ2) is 10.0. The molecule has 2 heterocycles. The molecule has 1 aliphatic heterocycles. The van der Waals surface area contributed by atoms with E-state index in [1.54, 1.807) is 6.07 Å². The first-order valence-electron chi connectivity index (χ1n) is 12.2. The molecule has 0 saturated heterocycles. The average Bonchev–Trinajstić information content (AvgIpc) is 3.43. The van der Waals surface area contributed by atoms with Crippen LogP contribution in [0.2, 0.25) is 0 Å². The zero-order valence-corrected chi connectivity index (χ0v) is 20.7. The summed E-state index contributed by atoms with van der Waals surface area (Å²) in [6.07, 6.45) is 1.99. The molecule has 1 aliphatic rings. The zero-order valence-electron chi connectivity index (χ0n) is 20.7. The smallest absolute Gasteiger partial charge is 0.306 e. The molecule has 6 nitrogen and oxygen atoms in total. The van der Waals surface area contributed by atoms with E-state index in [0.717, 1.165) is 35.4 Å². The SMILES string of the molecule is CCOc1nc2ccc(F)cc2n1-c1cccc(CCc2ccc3c(c2)OC[C@H]3CC(=O)OC)c1C. The molecule has 36 heavy (non-hydrogen) atoms. The highest BCUT2D eigenvalue weighted by Gasteiger charge is 2.27. The molecule has 5 rings (SSSR count). The Labute approximate surface area is 209 Å². The van der Waals surface area contributed by atoms with Gasteiger partial charge in [-0.25, -0.2) is 4.39 Å². The summed E-state index contributed by atoms with van der Waals surface area (Å²) in [5.41, 5.74) is 6.81. The fraction of sp³-hybridized carbons (Fsp3) is 0.310.